The minimum Gasteiger partial charge on any atom is -0.490 e. The molecule has 0 bridgehead atoms. The zero-order valence-electron chi connectivity index (χ0n) is 9.02. The lowest BCUT2D eigenvalue weighted by atomic mass is 10.3. The molecule has 0 aliphatic heterocycles. The number of nitrogens with two attached hydrogens (primary N) is 2. The monoisotopic (exact) mass is 256 g/mol. The smallest absolute Gasteiger partial charge is 0.193 e. The summed E-state index contributed by atoms with van der Waals surface area (Å²) >= 11 is 1.12. The van der Waals surface area contributed by atoms with Crippen molar-refractivity contribution < 1.29 is 9.13 Å². The van der Waals surface area contributed by atoms with Gasteiger partial charge in [-0.1, -0.05) is 23.9 Å². The van der Waals surface area contributed by atoms with Gasteiger partial charge in [-0.2, -0.15) is 4.99 Å². The van der Waals surface area contributed by atoms with E-state index >= 15 is 0 Å². The molecular formula is C10H13FN4OS. The molecule has 5 nitrogen and oxygen atoms in total. The van der Waals surface area contributed by atoms with Crippen molar-refractivity contribution >= 4 is 22.9 Å². The number of hydrogen-bond donors (Lipinski definition) is 3. The molecule has 0 saturated heterocycles. The van der Waals surface area contributed by atoms with Gasteiger partial charge in [0.2, 0.25) is 0 Å². The van der Waals surface area contributed by atoms with Crippen LogP contribution in [0.5, 0.6) is 5.75 Å². The summed E-state index contributed by atoms with van der Waals surface area (Å²) in [5, 5.41) is 7.33. The number of amidine groups is 1. The van der Waals surface area contributed by atoms with Gasteiger partial charge in [-0.25, -0.2) is 4.39 Å². The number of benzene rings is 1. The normalized spacial score (nSPS) is 9.71. The average Bonchev–Trinajstić information content (AvgIpc) is 2.25. The first-order chi connectivity index (χ1) is 8.09. The van der Waals surface area contributed by atoms with Gasteiger partial charge in [-0.05, 0) is 12.1 Å². The molecule has 5 N–H and O–H groups in total. The lowest BCUT2D eigenvalue weighted by molar-refractivity contribution is 0.325. The van der Waals surface area contributed by atoms with E-state index in [1.54, 1.807) is 18.2 Å². The number of para-hydroxylation sites is 1. The first kappa shape index (κ1) is 13.3. The van der Waals surface area contributed by atoms with Crippen LogP contribution in [-0.4, -0.2) is 23.5 Å². The lowest BCUT2D eigenvalue weighted by Gasteiger charge is -2.05. The van der Waals surface area contributed by atoms with Crippen molar-refractivity contribution in [3.63, 3.8) is 0 Å². The number of ether oxygens (including phenoxy) is 1. The highest BCUT2D eigenvalue weighted by atomic mass is 32.2. The van der Waals surface area contributed by atoms with E-state index in [2.05, 4.69) is 4.99 Å². The third-order valence-corrected chi connectivity index (χ3v) is 2.38. The van der Waals surface area contributed by atoms with Gasteiger partial charge in [0.05, 0.1) is 6.61 Å². The SMILES string of the molecule is N=C(N=C(N)N)SCCOc1ccccc1F. The van der Waals surface area contributed by atoms with Crippen molar-refractivity contribution in [3.8, 4) is 5.75 Å². The summed E-state index contributed by atoms with van der Waals surface area (Å²) in [6.07, 6.45) is 0. The van der Waals surface area contributed by atoms with Crippen molar-refractivity contribution in [1.29, 1.82) is 5.41 Å². The predicted octanol–water partition coefficient (Wildman–Crippen LogP) is 1.15. The van der Waals surface area contributed by atoms with Crippen molar-refractivity contribution in [1.82, 2.24) is 0 Å². The molecule has 0 unspecified atom stereocenters. The predicted molar refractivity (Wildman–Crippen MR) is 67.9 cm³/mol. The molecule has 0 saturated carbocycles. The highest BCUT2D eigenvalue weighted by Crippen LogP contribution is 2.15. The van der Waals surface area contributed by atoms with E-state index in [-0.39, 0.29) is 23.5 Å². The second-order valence-corrected chi connectivity index (χ2v) is 4.05. The molecule has 0 atom stereocenters. The van der Waals surface area contributed by atoms with Crippen LogP contribution in [0.2, 0.25) is 0 Å². The van der Waals surface area contributed by atoms with Crippen molar-refractivity contribution in [2.45, 2.75) is 0 Å². The van der Waals surface area contributed by atoms with E-state index < -0.39 is 5.82 Å². The number of hydrogen-bond acceptors (Lipinski definition) is 3. The van der Waals surface area contributed by atoms with Crippen molar-refractivity contribution in [3.05, 3.63) is 30.1 Å². The number of halogens is 1. The van der Waals surface area contributed by atoms with Gasteiger partial charge in [0.15, 0.2) is 22.7 Å². The summed E-state index contributed by atoms with van der Waals surface area (Å²) in [5.41, 5.74) is 10.2. The Bertz CT molecular complexity index is 421. The highest BCUT2D eigenvalue weighted by molar-refractivity contribution is 8.13. The maximum Gasteiger partial charge on any atom is 0.193 e. The quantitative estimate of drug-likeness (QED) is 0.427. The molecule has 1 rings (SSSR count). The van der Waals surface area contributed by atoms with Gasteiger partial charge < -0.3 is 16.2 Å². The summed E-state index contributed by atoms with van der Waals surface area (Å²) < 4.78 is 18.3. The summed E-state index contributed by atoms with van der Waals surface area (Å²) in [7, 11) is 0. The van der Waals surface area contributed by atoms with Crippen LogP contribution in [0, 0.1) is 11.2 Å². The zero-order chi connectivity index (χ0) is 12.7. The molecule has 0 aromatic heterocycles. The minimum absolute atomic E-state index is 0.00198. The summed E-state index contributed by atoms with van der Waals surface area (Å²) in [4.78, 5) is 3.53. The van der Waals surface area contributed by atoms with E-state index in [9.17, 15) is 4.39 Å². The number of aliphatic imine (C=N–C) groups is 1. The van der Waals surface area contributed by atoms with Gasteiger partial charge in [-0.3, -0.25) is 5.41 Å². The van der Waals surface area contributed by atoms with E-state index in [1.807, 2.05) is 0 Å². The van der Waals surface area contributed by atoms with Gasteiger partial charge >= 0.3 is 0 Å². The molecule has 0 spiro atoms. The molecule has 0 heterocycles. The highest BCUT2D eigenvalue weighted by Gasteiger charge is 2.01. The Morgan fingerprint density at radius 2 is 2.12 bits per heavy atom. The largest absolute Gasteiger partial charge is 0.490 e. The van der Waals surface area contributed by atoms with E-state index in [1.165, 1.54) is 6.07 Å². The Kier molecular flexibility index (Phi) is 5.28. The molecule has 1 aromatic rings. The third kappa shape index (κ3) is 5.21. The summed E-state index contributed by atoms with van der Waals surface area (Å²) in [5.74, 6) is 0.0972. The third-order valence-electron chi connectivity index (χ3n) is 1.65. The lowest BCUT2D eigenvalue weighted by Crippen LogP contribution is -2.23. The number of thioether (sulfide) groups is 1. The fourth-order valence-electron chi connectivity index (χ4n) is 1.00. The first-order valence-electron chi connectivity index (χ1n) is 4.78. The Morgan fingerprint density at radius 1 is 1.41 bits per heavy atom. The first-order valence-corrected chi connectivity index (χ1v) is 5.76. The second-order valence-electron chi connectivity index (χ2n) is 2.97. The summed E-state index contributed by atoms with van der Waals surface area (Å²) in [6, 6.07) is 6.14. The molecule has 0 aliphatic rings. The average molecular weight is 256 g/mol. The Hall–Kier alpha value is -1.76. The number of nitrogens with zero attached hydrogens (tertiary/aromatic N) is 1. The molecule has 7 heteroatoms. The van der Waals surface area contributed by atoms with Crippen LogP contribution in [0.15, 0.2) is 29.3 Å². The summed E-state index contributed by atoms with van der Waals surface area (Å²) in [6.45, 7) is 0.272. The van der Waals surface area contributed by atoms with Crippen LogP contribution < -0.4 is 16.2 Å². The second kappa shape index (κ2) is 6.74. The van der Waals surface area contributed by atoms with E-state index in [0.29, 0.717) is 5.75 Å². The van der Waals surface area contributed by atoms with Gasteiger partial charge in [0, 0.05) is 5.75 Å². The van der Waals surface area contributed by atoms with Crippen LogP contribution in [0.4, 0.5) is 4.39 Å². The maximum atomic E-state index is 13.1. The number of guanidine groups is 1. The van der Waals surface area contributed by atoms with Gasteiger partial charge in [0.25, 0.3) is 0 Å². The Morgan fingerprint density at radius 3 is 2.76 bits per heavy atom. The number of nitrogens with one attached hydrogen (secondary N) is 1. The van der Waals surface area contributed by atoms with Crippen LogP contribution in [0.3, 0.4) is 0 Å². The fourth-order valence-corrected chi connectivity index (χ4v) is 1.53. The molecule has 1 aromatic carbocycles. The Labute approximate surface area is 103 Å². The molecule has 0 radical (unpaired) electrons. The van der Waals surface area contributed by atoms with Crippen LogP contribution in [-0.2, 0) is 0 Å². The molecule has 0 fully saturated rings. The van der Waals surface area contributed by atoms with Crippen molar-refractivity contribution in [2.24, 2.45) is 16.5 Å². The van der Waals surface area contributed by atoms with Crippen molar-refractivity contribution in [2.75, 3.05) is 12.4 Å². The molecule has 0 aliphatic carbocycles. The molecule has 17 heavy (non-hydrogen) atoms. The maximum absolute atomic E-state index is 13.1. The zero-order valence-corrected chi connectivity index (χ0v) is 9.84. The van der Waals surface area contributed by atoms with Crippen LogP contribution in [0.1, 0.15) is 0 Å². The topological polar surface area (TPSA) is 97.5 Å². The van der Waals surface area contributed by atoms with E-state index in [0.717, 1.165) is 11.8 Å². The fraction of sp³-hybridized carbons (Fsp3) is 0.200. The molecule has 0 amide bonds. The van der Waals surface area contributed by atoms with Crippen LogP contribution in [0.25, 0.3) is 0 Å². The molecular weight excluding hydrogens is 243 g/mol. The van der Waals surface area contributed by atoms with Gasteiger partial charge in [-0.15, -0.1) is 0 Å². The van der Waals surface area contributed by atoms with E-state index in [4.69, 9.17) is 21.6 Å². The Balaban J connectivity index is 2.28. The molecule has 92 valence electrons. The minimum atomic E-state index is -0.406. The van der Waals surface area contributed by atoms with Gasteiger partial charge in [0.1, 0.15) is 0 Å². The standard InChI is InChI=1S/C10H13FN4OS/c11-7-3-1-2-4-8(7)16-5-6-17-10(14)15-9(12)13/h1-4H,5-6H2,(H5,12,13,14,15). The van der Waals surface area contributed by atoms with Crippen LogP contribution >= 0.6 is 11.8 Å². The number of rotatable bonds is 4.